The van der Waals surface area contributed by atoms with Crippen LogP contribution in [0.3, 0.4) is 0 Å². The van der Waals surface area contributed by atoms with Gasteiger partial charge < -0.3 is 44.3 Å². The number of fused-ring (bicyclic) bond motifs is 3. The molecule has 4 aromatic heterocycles. The Kier molecular flexibility index (Phi) is 14.0. The van der Waals surface area contributed by atoms with Gasteiger partial charge in [0.1, 0.15) is 17.3 Å². The van der Waals surface area contributed by atoms with Crippen molar-refractivity contribution in [1.82, 2.24) is 33.9 Å². The maximum absolute atomic E-state index is 14.1. The lowest BCUT2D eigenvalue weighted by Gasteiger charge is -2.47. The van der Waals surface area contributed by atoms with Gasteiger partial charge in [-0.25, -0.2) is 15.0 Å². The third-order valence-electron chi connectivity index (χ3n) is 16.8. The SMILES string of the molecule is C=CC(=O)Nc1cc(Nc2nc(-c3ccnc(N4CCn5c(cc6c5CC(C)(C)C6)C4=O)c3CO)cn(C)c2=O)ccc1N1CCN(C2CCN(c3ccnc(N4CCN(C5CCOCC5)C[C@@H]4C)c3)CC2)C[C@@H]1C. The maximum atomic E-state index is 14.1. The third kappa shape index (κ3) is 10.0. The minimum absolute atomic E-state index is 0.0574. The molecule has 6 aliphatic rings. The minimum atomic E-state index is -0.399. The predicted molar refractivity (Wildman–Crippen MR) is 295 cm³/mol. The number of nitrogens with zero attached hydrogens (tertiary/aromatic N) is 11. The first kappa shape index (κ1) is 50.6. The molecule has 5 aliphatic heterocycles. The van der Waals surface area contributed by atoms with Gasteiger partial charge in [0.05, 0.1) is 23.7 Å². The first-order chi connectivity index (χ1) is 36.2. The molecule has 0 unspecified atom stereocenters. The zero-order valence-corrected chi connectivity index (χ0v) is 44.3. The molecule has 0 spiro atoms. The smallest absolute Gasteiger partial charge is 0.293 e. The fourth-order valence-electron chi connectivity index (χ4n) is 13.0. The lowest BCUT2D eigenvalue weighted by Crippen LogP contribution is -2.57. The predicted octanol–water partition coefficient (Wildman–Crippen LogP) is 6.05. The third-order valence-corrected chi connectivity index (χ3v) is 16.8. The van der Waals surface area contributed by atoms with Gasteiger partial charge in [-0.3, -0.25) is 29.1 Å². The average molecular weight is 1020 g/mol. The summed E-state index contributed by atoms with van der Waals surface area (Å²) in [6, 6.07) is 15.6. The lowest BCUT2D eigenvalue weighted by molar-refractivity contribution is -0.111. The van der Waals surface area contributed by atoms with Gasteiger partial charge in [-0.2, -0.15) is 0 Å². The van der Waals surface area contributed by atoms with E-state index in [1.165, 1.54) is 27.6 Å². The number of carbonyl (C=O) groups is 2. The molecule has 1 aliphatic carbocycles. The maximum Gasteiger partial charge on any atom is 0.293 e. The summed E-state index contributed by atoms with van der Waals surface area (Å²) in [5.74, 6) is 1.000. The van der Waals surface area contributed by atoms with Crippen molar-refractivity contribution >= 4 is 52.0 Å². The summed E-state index contributed by atoms with van der Waals surface area (Å²) in [6.45, 7) is 22.8. The molecule has 396 valence electrons. The van der Waals surface area contributed by atoms with Crippen molar-refractivity contribution in [2.45, 2.75) is 104 Å². The molecule has 18 nitrogen and oxygen atoms in total. The highest BCUT2D eigenvalue weighted by Gasteiger charge is 2.39. The monoisotopic (exact) mass is 1020 g/mol. The fraction of sp³-hybridized carbons (Fsp3) is 0.509. The van der Waals surface area contributed by atoms with Gasteiger partial charge in [0.25, 0.3) is 11.5 Å². The van der Waals surface area contributed by atoms with Crippen LogP contribution < -0.4 is 35.8 Å². The van der Waals surface area contributed by atoms with Crippen LogP contribution in [0.2, 0.25) is 0 Å². The van der Waals surface area contributed by atoms with E-state index in [2.05, 4.69) is 91.1 Å². The van der Waals surface area contributed by atoms with E-state index in [-0.39, 0.29) is 34.6 Å². The van der Waals surface area contributed by atoms with Gasteiger partial charge in [0.2, 0.25) is 5.91 Å². The van der Waals surface area contributed by atoms with E-state index in [0.717, 1.165) is 116 Å². The number of aryl methyl sites for hydroxylation is 1. The molecule has 0 bridgehead atoms. The summed E-state index contributed by atoms with van der Waals surface area (Å²) in [4.78, 5) is 69.4. The highest BCUT2D eigenvalue weighted by atomic mass is 16.5. The summed E-state index contributed by atoms with van der Waals surface area (Å²) >= 11 is 0. The van der Waals surface area contributed by atoms with E-state index in [4.69, 9.17) is 14.7 Å². The van der Waals surface area contributed by atoms with Crippen LogP contribution in [0.25, 0.3) is 11.3 Å². The van der Waals surface area contributed by atoms with Crippen LogP contribution in [0, 0.1) is 5.41 Å². The van der Waals surface area contributed by atoms with Crippen molar-refractivity contribution in [2.75, 3.05) is 102 Å². The number of anilines is 7. The Morgan fingerprint density at radius 3 is 2.29 bits per heavy atom. The van der Waals surface area contributed by atoms with E-state index in [1.807, 2.05) is 30.5 Å². The second-order valence-electron chi connectivity index (χ2n) is 22.4. The molecule has 4 fully saturated rings. The van der Waals surface area contributed by atoms with Gasteiger partial charge in [-0.15, -0.1) is 0 Å². The number of aliphatic hydroxyl groups is 1. The van der Waals surface area contributed by atoms with Crippen LogP contribution in [0.1, 0.15) is 80.7 Å². The first-order valence-electron chi connectivity index (χ1n) is 27.1. The number of hydrogen-bond donors (Lipinski definition) is 3. The molecule has 0 saturated carbocycles. The van der Waals surface area contributed by atoms with Gasteiger partial charge in [0, 0.05) is 163 Å². The summed E-state index contributed by atoms with van der Waals surface area (Å²) in [5.41, 5.74) is 7.58. The summed E-state index contributed by atoms with van der Waals surface area (Å²) in [7, 11) is 1.65. The average Bonchev–Trinajstić information content (AvgIpc) is 3.93. The minimum Gasteiger partial charge on any atom is -0.392 e. The number of aliphatic hydroxyl groups excluding tert-OH is 1. The van der Waals surface area contributed by atoms with Gasteiger partial charge in [-0.1, -0.05) is 20.4 Å². The quantitative estimate of drug-likeness (QED) is 0.123. The first-order valence-corrected chi connectivity index (χ1v) is 27.1. The van der Waals surface area contributed by atoms with E-state index in [0.29, 0.717) is 70.9 Å². The zero-order chi connectivity index (χ0) is 52.1. The molecule has 11 rings (SSSR count). The summed E-state index contributed by atoms with van der Waals surface area (Å²) in [5, 5.41) is 17.2. The van der Waals surface area contributed by atoms with Crippen molar-refractivity contribution in [3.8, 4) is 11.3 Å². The molecular formula is C57H73N13O5. The molecule has 2 atom stereocenters. The van der Waals surface area contributed by atoms with Crippen molar-refractivity contribution < 1.29 is 19.4 Å². The van der Waals surface area contributed by atoms with Gasteiger partial charge in [-0.05, 0) is 106 Å². The summed E-state index contributed by atoms with van der Waals surface area (Å²) in [6.07, 6.45) is 12.7. The summed E-state index contributed by atoms with van der Waals surface area (Å²) < 4.78 is 9.23. The van der Waals surface area contributed by atoms with E-state index < -0.39 is 6.61 Å². The van der Waals surface area contributed by atoms with E-state index in [9.17, 15) is 19.5 Å². The van der Waals surface area contributed by atoms with Crippen LogP contribution in [0.4, 0.5) is 40.2 Å². The zero-order valence-electron chi connectivity index (χ0n) is 44.3. The molecule has 2 amide bonds. The van der Waals surface area contributed by atoms with Crippen LogP contribution in [0.15, 0.2) is 78.5 Å². The van der Waals surface area contributed by atoms with E-state index in [1.54, 1.807) is 30.4 Å². The Hall–Kier alpha value is -6.60. The van der Waals surface area contributed by atoms with E-state index >= 15 is 0 Å². The molecule has 1 aromatic carbocycles. The Balaban J connectivity index is 0.752. The Labute approximate surface area is 440 Å². The second kappa shape index (κ2) is 20.8. The number of benzene rings is 1. The number of nitrogens with one attached hydrogen (secondary N) is 2. The van der Waals surface area contributed by atoms with Crippen LogP contribution in [-0.4, -0.2) is 147 Å². The van der Waals surface area contributed by atoms with Crippen LogP contribution in [-0.2, 0) is 42.6 Å². The van der Waals surface area contributed by atoms with Crippen molar-refractivity contribution in [2.24, 2.45) is 12.5 Å². The number of carbonyl (C=O) groups excluding carboxylic acids is 2. The molecule has 75 heavy (non-hydrogen) atoms. The van der Waals surface area contributed by atoms with Crippen molar-refractivity contribution in [3.05, 3.63) is 107 Å². The van der Waals surface area contributed by atoms with Crippen LogP contribution >= 0.6 is 0 Å². The highest BCUT2D eigenvalue weighted by molar-refractivity contribution is 6.06. The molecule has 0 radical (unpaired) electrons. The largest absolute Gasteiger partial charge is 0.392 e. The molecule has 9 heterocycles. The van der Waals surface area contributed by atoms with Crippen molar-refractivity contribution in [3.63, 3.8) is 0 Å². The number of piperidine rings is 1. The normalized spacial score (nSPS) is 21.8. The lowest BCUT2D eigenvalue weighted by atomic mass is 9.90. The Morgan fingerprint density at radius 1 is 0.853 bits per heavy atom. The molecule has 4 saturated heterocycles. The number of pyridine rings is 2. The second-order valence-corrected chi connectivity index (χ2v) is 22.4. The fourth-order valence-corrected chi connectivity index (χ4v) is 13.0. The number of amides is 2. The van der Waals surface area contributed by atoms with Crippen LogP contribution in [0.5, 0.6) is 0 Å². The Morgan fingerprint density at radius 2 is 1.57 bits per heavy atom. The Bertz CT molecular complexity index is 3030. The van der Waals surface area contributed by atoms with Gasteiger partial charge >= 0.3 is 0 Å². The molecule has 3 N–H and O–H groups in total. The standard InChI is InChI=1S/C57H73N13O5/c1-7-52(72)61-46-29-40(60-53-56(74)63(6)35-47(62-53)44-11-17-59-54(45(44)36-71)70-25-24-69-49(55(70)73)28-39-31-57(4,5)32-50(39)69)8-9-48(46)67-22-20-65(33-37(67)2)41-12-18-64(19-13-41)43-10-16-58-51(30-43)68-23-21-66(34-38(68)3)42-14-26-75-27-15-42/h7-11,16-17,28-30,35,37-38,41-42,71H,1,12-15,18-27,31-34,36H2,2-6H3,(H,60,62)(H,61,72)/t37-,38-/m0/s1. The van der Waals surface area contributed by atoms with Crippen molar-refractivity contribution in [1.29, 1.82) is 0 Å². The molecule has 18 heteroatoms. The topological polar surface area (TPSA) is 173 Å². The number of rotatable bonds is 12. The number of hydrogen-bond acceptors (Lipinski definition) is 14. The number of ether oxygens (including phenoxy) is 1. The number of piperazine rings is 2. The molecule has 5 aromatic rings. The van der Waals surface area contributed by atoms with Gasteiger partial charge in [0.15, 0.2) is 5.82 Å². The number of aromatic nitrogens is 5. The highest BCUT2D eigenvalue weighted by Crippen LogP contribution is 2.41. The molecular weight excluding hydrogens is 947 g/mol.